The van der Waals surface area contributed by atoms with Gasteiger partial charge < -0.3 is 0 Å². The number of hydrogen-bond acceptors (Lipinski definition) is 0. The molecule has 0 aromatic heterocycles. The molecule has 0 bridgehead atoms. The number of benzene rings is 2. The van der Waals surface area contributed by atoms with Gasteiger partial charge in [-0.2, -0.15) is 0 Å². The van der Waals surface area contributed by atoms with Gasteiger partial charge in [0.25, 0.3) is 0 Å². The van der Waals surface area contributed by atoms with E-state index in [-0.39, 0.29) is 17.0 Å². The molecule has 2 fully saturated rings. The Balaban J connectivity index is 1.44. The molecule has 0 amide bonds. The average Bonchev–Trinajstić information content (AvgIpc) is 2.76. The zero-order chi connectivity index (χ0) is 21.3. The van der Waals surface area contributed by atoms with Crippen LogP contribution in [0, 0.1) is 41.0 Å². The highest BCUT2D eigenvalue weighted by Crippen LogP contribution is 2.45. The molecule has 0 N–H and O–H groups in total. The van der Waals surface area contributed by atoms with E-state index in [1.165, 1.54) is 50.3 Å². The molecule has 0 heterocycles. The molecular weight excluding hydrogens is 388 g/mol. The summed E-state index contributed by atoms with van der Waals surface area (Å²) in [6.45, 7) is 2.28. The standard InChI is InChI=1S/C26H30F4/c1-2-16-3-5-17(6-4-16)18-7-9-19(10-8-18)21-14-24(29)26(25(30)15-21)20-11-12-22(27)23(28)13-20/h11-19H,2-10H2,1H3. The second-order valence-electron chi connectivity index (χ2n) is 9.29. The van der Waals surface area contributed by atoms with E-state index in [9.17, 15) is 17.6 Å². The van der Waals surface area contributed by atoms with Crippen molar-refractivity contribution in [2.75, 3.05) is 0 Å². The molecule has 30 heavy (non-hydrogen) atoms. The Bertz CT molecular complexity index is 852. The van der Waals surface area contributed by atoms with Crippen molar-refractivity contribution in [3.05, 3.63) is 59.2 Å². The van der Waals surface area contributed by atoms with Crippen molar-refractivity contribution in [3.63, 3.8) is 0 Å². The summed E-state index contributed by atoms with van der Waals surface area (Å²) in [7, 11) is 0. The molecule has 0 nitrogen and oxygen atoms in total. The minimum Gasteiger partial charge on any atom is -0.206 e. The summed E-state index contributed by atoms with van der Waals surface area (Å²) in [4.78, 5) is 0. The third-order valence-electron chi connectivity index (χ3n) is 7.65. The third kappa shape index (κ3) is 4.43. The van der Waals surface area contributed by atoms with E-state index in [0.29, 0.717) is 5.56 Å². The van der Waals surface area contributed by atoms with Gasteiger partial charge in [0.2, 0.25) is 0 Å². The highest BCUT2D eigenvalue weighted by atomic mass is 19.2. The van der Waals surface area contributed by atoms with Crippen molar-refractivity contribution < 1.29 is 17.6 Å². The Kier molecular flexibility index (Phi) is 6.50. The Morgan fingerprint density at radius 1 is 0.667 bits per heavy atom. The topological polar surface area (TPSA) is 0 Å². The minimum atomic E-state index is -1.11. The van der Waals surface area contributed by atoms with Crippen LogP contribution in [0.15, 0.2) is 30.3 Å². The Labute approximate surface area is 176 Å². The molecule has 4 heteroatoms. The van der Waals surface area contributed by atoms with Gasteiger partial charge in [0.1, 0.15) is 11.6 Å². The fourth-order valence-corrected chi connectivity index (χ4v) is 5.75. The van der Waals surface area contributed by atoms with Crippen LogP contribution in [0.5, 0.6) is 0 Å². The van der Waals surface area contributed by atoms with E-state index < -0.39 is 23.3 Å². The summed E-state index contributed by atoms with van der Waals surface area (Å²) in [6, 6.07) is 5.72. The van der Waals surface area contributed by atoms with Crippen LogP contribution in [0.3, 0.4) is 0 Å². The van der Waals surface area contributed by atoms with Crippen LogP contribution in [0.4, 0.5) is 17.6 Å². The van der Waals surface area contributed by atoms with Crippen molar-refractivity contribution in [2.45, 2.75) is 70.6 Å². The van der Waals surface area contributed by atoms with Crippen LogP contribution in [-0.2, 0) is 0 Å². The van der Waals surface area contributed by atoms with E-state index in [2.05, 4.69) is 6.92 Å². The fourth-order valence-electron chi connectivity index (χ4n) is 5.75. The molecule has 2 aliphatic carbocycles. The lowest BCUT2D eigenvalue weighted by atomic mass is 9.68. The molecule has 0 aliphatic heterocycles. The van der Waals surface area contributed by atoms with Crippen molar-refractivity contribution in [3.8, 4) is 11.1 Å². The predicted molar refractivity (Wildman–Crippen MR) is 112 cm³/mol. The van der Waals surface area contributed by atoms with Crippen molar-refractivity contribution in [1.29, 1.82) is 0 Å². The lowest BCUT2D eigenvalue weighted by Crippen LogP contribution is -2.25. The summed E-state index contributed by atoms with van der Waals surface area (Å²) in [5.41, 5.74) is 0.408. The first kappa shape index (κ1) is 21.4. The third-order valence-corrected chi connectivity index (χ3v) is 7.65. The van der Waals surface area contributed by atoms with Crippen LogP contribution < -0.4 is 0 Å². The minimum absolute atomic E-state index is 0.0156. The van der Waals surface area contributed by atoms with Gasteiger partial charge in [0, 0.05) is 0 Å². The first-order valence-electron chi connectivity index (χ1n) is 11.4. The number of halogens is 4. The molecule has 2 saturated carbocycles. The van der Waals surface area contributed by atoms with Crippen LogP contribution in [-0.4, -0.2) is 0 Å². The average molecular weight is 419 g/mol. The van der Waals surface area contributed by atoms with Crippen molar-refractivity contribution in [1.82, 2.24) is 0 Å². The highest BCUT2D eigenvalue weighted by molar-refractivity contribution is 5.65. The zero-order valence-electron chi connectivity index (χ0n) is 17.6. The highest BCUT2D eigenvalue weighted by Gasteiger charge is 2.31. The predicted octanol–water partition coefficient (Wildman–Crippen LogP) is 8.40. The van der Waals surface area contributed by atoms with E-state index in [1.54, 1.807) is 0 Å². The van der Waals surface area contributed by atoms with Gasteiger partial charge >= 0.3 is 0 Å². The summed E-state index contributed by atoms with van der Waals surface area (Å²) < 4.78 is 56.2. The van der Waals surface area contributed by atoms with Gasteiger partial charge in [-0.1, -0.05) is 32.3 Å². The molecule has 0 spiro atoms. The summed E-state index contributed by atoms with van der Waals surface area (Å²) in [5, 5.41) is 0. The fraction of sp³-hybridized carbons (Fsp3) is 0.538. The van der Waals surface area contributed by atoms with Gasteiger partial charge in [-0.25, -0.2) is 17.6 Å². The van der Waals surface area contributed by atoms with Gasteiger partial charge in [0.15, 0.2) is 11.6 Å². The molecule has 2 aromatic rings. The molecule has 0 saturated heterocycles. The van der Waals surface area contributed by atoms with Crippen LogP contribution in [0.25, 0.3) is 11.1 Å². The monoisotopic (exact) mass is 418 g/mol. The van der Waals surface area contributed by atoms with Crippen molar-refractivity contribution in [2.24, 2.45) is 17.8 Å². The second-order valence-corrected chi connectivity index (χ2v) is 9.29. The van der Waals surface area contributed by atoms with Gasteiger partial charge in [0.05, 0.1) is 5.56 Å². The first-order valence-corrected chi connectivity index (χ1v) is 11.4. The van der Waals surface area contributed by atoms with Gasteiger partial charge in [-0.3, -0.25) is 0 Å². The smallest absolute Gasteiger partial charge is 0.159 e. The molecule has 162 valence electrons. The van der Waals surface area contributed by atoms with E-state index in [4.69, 9.17) is 0 Å². The van der Waals surface area contributed by atoms with Crippen LogP contribution in [0.1, 0.15) is 76.2 Å². The molecule has 2 aliphatic rings. The largest absolute Gasteiger partial charge is 0.206 e. The Morgan fingerprint density at radius 3 is 1.77 bits per heavy atom. The molecular formula is C26H30F4. The van der Waals surface area contributed by atoms with E-state index in [1.807, 2.05) is 0 Å². The Hall–Kier alpha value is -1.84. The van der Waals surface area contributed by atoms with Gasteiger partial charge in [-0.05, 0) is 97.6 Å². The molecule has 0 atom stereocenters. The SMILES string of the molecule is CCC1CCC(C2CCC(c3cc(F)c(-c4ccc(F)c(F)c4)c(F)c3)CC2)CC1. The maximum atomic E-state index is 14.8. The van der Waals surface area contributed by atoms with E-state index >= 15 is 0 Å². The van der Waals surface area contributed by atoms with Crippen molar-refractivity contribution >= 4 is 0 Å². The normalized spacial score (nSPS) is 27.2. The molecule has 0 radical (unpaired) electrons. The quantitative estimate of drug-likeness (QED) is 0.437. The molecule has 2 aromatic carbocycles. The van der Waals surface area contributed by atoms with E-state index in [0.717, 1.165) is 55.6 Å². The maximum absolute atomic E-state index is 14.8. The zero-order valence-corrected chi connectivity index (χ0v) is 17.6. The summed E-state index contributed by atoms with van der Waals surface area (Å²) >= 11 is 0. The maximum Gasteiger partial charge on any atom is 0.159 e. The number of rotatable bonds is 4. The number of hydrogen-bond donors (Lipinski definition) is 0. The Morgan fingerprint density at radius 2 is 1.23 bits per heavy atom. The summed E-state index contributed by atoms with van der Waals surface area (Å²) in [5.74, 6) is -0.939. The lowest BCUT2D eigenvalue weighted by Gasteiger charge is -2.38. The van der Waals surface area contributed by atoms with Crippen LogP contribution >= 0.6 is 0 Å². The first-order chi connectivity index (χ1) is 14.5. The molecule has 4 rings (SSSR count). The molecule has 0 unspecified atom stereocenters. The lowest BCUT2D eigenvalue weighted by molar-refractivity contribution is 0.158. The van der Waals surface area contributed by atoms with Gasteiger partial charge in [-0.15, -0.1) is 0 Å². The summed E-state index contributed by atoms with van der Waals surface area (Å²) in [6.07, 6.45) is 10.8. The van der Waals surface area contributed by atoms with Crippen LogP contribution in [0.2, 0.25) is 0 Å². The second kappa shape index (κ2) is 9.11.